The minimum Gasteiger partial charge on any atom is -0.444 e. The van der Waals surface area contributed by atoms with Crippen molar-refractivity contribution in [3.63, 3.8) is 0 Å². The van der Waals surface area contributed by atoms with Gasteiger partial charge in [0.1, 0.15) is 5.60 Å². The zero-order valence-corrected chi connectivity index (χ0v) is 15.5. The Morgan fingerprint density at radius 3 is 2.45 bits per heavy atom. The maximum Gasteiger partial charge on any atom is 0.407 e. The van der Waals surface area contributed by atoms with Crippen molar-refractivity contribution in [2.24, 2.45) is 5.92 Å². The molecule has 0 aliphatic heterocycles. The minimum absolute atomic E-state index is 0.151. The van der Waals surface area contributed by atoms with E-state index in [0.717, 1.165) is 10.7 Å². The van der Waals surface area contributed by atoms with Crippen LogP contribution in [0.3, 0.4) is 0 Å². The van der Waals surface area contributed by atoms with E-state index in [1.165, 1.54) is 0 Å². The van der Waals surface area contributed by atoms with Gasteiger partial charge in [-0.1, -0.05) is 13.8 Å². The first-order chi connectivity index (χ1) is 10.1. The second-order valence-corrected chi connectivity index (χ2v) is 7.98. The van der Waals surface area contributed by atoms with E-state index in [0.29, 0.717) is 12.5 Å². The molecular weight excluding hydrogens is 298 g/mol. The Morgan fingerprint density at radius 1 is 1.36 bits per heavy atom. The lowest BCUT2D eigenvalue weighted by Crippen LogP contribution is -2.46. The first kappa shape index (κ1) is 18.9. The van der Waals surface area contributed by atoms with E-state index >= 15 is 0 Å². The first-order valence-electron chi connectivity index (χ1n) is 7.73. The van der Waals surface area contributed by atoms with Crippen molar-refractivity contribution in [2.45, 2.75) is 66.2 Å². The lowest BCUT2D eigenvalue weighted by atomic mass is 10.0. The molecule has 0 aromatic carbocycles. The number of aromatic nitrogens is 1. The highest BCUT2D eigenvalue weighted by Gasteiger charge is 2.21. The fourth-order valence-corrected chi connectivity index (χ4v) is 2.69. The monoisotopic (exact) mass is 327 g/mol. The van der Waals surface area contributed by atoms with Crippen molar-refractivity contribution >= 4 is 17.4 Å². The molecule has 5 nitrogen and oxygen atoms in total. The molecule has 1 amide bonds. The summed E-state index contributed by atoms with van der Waals surface area (Å²) in [6.07, 6.45) is -0.378. The maximum absolute atomic E-state index is 11.8. The van der Waals surface area contributed by atoms with Gasteiger partial charge in [0.05, 0.1) is 10.7 Å². The average Bonchev–Trinajstić information content (AvgIpc) is 2.78. The molecule has 1 aromatic heterocycles. The van der Waals surface area contributed by atoms with Gasteiger partial charge in [-0.2, -0.15) is 0 Å². The average molecular weight is 327 g/mol. The SMILES string of the molecule is Cc1nc(C(C)NC(CNC(=O)OC(C)(C)C)C(C)C)cs1. The highest BCUT2D eigenvalue weighted by molar-refractivity contribution is 7.09. The lowest BCUT2D eigenvalue weighted by molar-refractivity contribution is 0.0518. The molecule has 22 heavy (non-hydrogen) atoms. The smallest absolute Gasteiger partial charge is 0.407 e. The number of carbonyl (C=O) groups is 1. The van der Waals surface area contributed by atoms with Crippen LogP contribution >= 0.6 is 11.3 Å². The Hall–Kier alpha value is -1.14. The van der Waals surface area contributed by atoms with Crippen molar-refractivity contribution in [1.29, 1.82) is 0 Å². The summed E-state index contributed by atoms with van der Waals surface area (Å²) in [6, 6.07) is 0.308. The molecule has 0 fully saturated rings. The molecular formula is C16H29N3O2S. The summed E-state index contributed by atoms with van der Waals surface area (Å²) in [5.41, 5.74) is 0.571. The normalized spacial score (nSPS) is 14.7. The summed E-state index contributed by atoms with van der Waals surface area (Å²) in [7, 11) is 0. The van der Waals surface area contributed by atoms with Crippen molar-refractivity contribution in [3.05, 3.63) is 16.1 Å². The van der Waals surface area contributed by atoms with E-state index in [2.05, 4.69) is 41.8 Å². The third kappa shape index (κ3) is 6.75. The molecule has 0 spiro atoms. The van der Waals surface area contributed by atoms with Crippen LogP contribution in [0, 0.1) is 12.8 Å². The first-order valence-corrected chi connectivity index (χ1v) is 8.61. The van der Waals surface area contributed by atoms with Crippen LogP contribution in [-0.4, -0.2) is 29.3 Å². The molecule has 1 aromatic rings. The predicted octanol–water partition coefficient (Wildman–Crippen LogP) is 3.65. The summed E-state index contributed by atoms with van der Waals surface area (Å²) in [6.45, 7) is 14.5. The molecule has 1 heterocycles. The second kappa shape index (κ2) is 7.92. The van der Waals surface area contributed by atoms with Crippen LogP contribution < -0.4 is 10.6 Å². The Bertz CT molecular complexity index is 480. The third-order valence-corrected chi connectivity index (χ3v) is 4.01. The van der Waals surface area contributed by atoms with E-state index in [9.17, 15) is 4.79 Å². The molecule has 2 atom stereocenters. The Labute approximate surface area is 137 Å². The van der Waals surface area contributed by atoms with Crippen LogP contribution in [0.15, 0.2) is 5.38 Å². The Kier molecular flexibility index (Phi) is 6.81. The summed E-state index contributed by atoms with van der Waals surface area (Å²) < 4.78 is 5.27. The van der Waals surface area contributed by atoms with Gasteiger partial charge in [-0.3, -0.25) is 0 Å². The highest BCUT2D eigenvalue weighted by atomic mass is 32.1. The van der Waals surface area contributed by atoms with Gasteiger partial charge in [0.25, 0.3) is 0 Å². The maximum atomic E-state index is 11.8. The van der Waals surface area contributed by atoms with Gasteiger partial charge in [-0.25, -0.2) is 9.78 Å². The molecule has 0 aliphatic carbocycles. The van der Waals surface area contributed by atoms with Crippen LogP contribution in [-0.2, 0) is 4.74 Å². The number of alkyl carbamates (subject to hydrolysis) is 1. The summed E-state index contributed by atoms with van der Waals surface area (Å²) in [5, 5.41) is 9.52. The van der Waals surface area contributed by atoms with Gasteiger partial charge in [-0.15, -0.1) is 11.3 Å². The predicted molar refractivity (Wildman–Crippen MR) is 91.3 cm³/mol. The molecule has 2 N–H and O–H groups in total. The molecule has 2 unspecified atom stereocenters. The number of nitrogens with zero attached hydrogens (tertiary/aromatic N) is 1. The Balaban J connectivity index is 2.53. The zero-order chi connectivity index (χ0) is 16.9. The van der Waals surface area contributed by atoms with E-state index in [1.54, 1.807) is 11.3 Å². The van der Waals surface area contributed by atoms with Crippen LogP contribution in [0.25, 0.3) is 0 Å². The number of hydrogen-bond acceptors (Lipinski definition) is 5. The number of ether oxygens (including phenoxy) is 1. The second-order valence-electron chi connectivity index (χ2n) is 6.91. The molecule has 1 rings (SSSR count). The number of carbonyl (C=O) groups excluding carboxylic acids is 1. The topological polar surface area (TPSA) is 63.2 Å². The summed E-state index contributed by atoms with van der Waals surface area (Å²) in [4.78, 5) is 16.3. The molecule has 0 saturated heterocycles. The minimum atomic E-state index is -0.476. The largest absolute Gasteiger partial charge is 0.444 e. The van der Waals surface area contributed by atoms with Gasteiger partial charge in [0, 0.05) is 24.0 Å². The lowest BCUT2D eigenvalue weighted by Gasteiger charge is -2.27. The van der Waals surface area contributed by atoms with Crippen molar-refractivity contribution in [3.8, 4) is 0 Å². The van der Waals surface area contributed by atoms with E-state index in [-0.39, 0.29) is 18.2 Å². The number of hydrogen-bond donors (Lipinski definition) is 2. The van der Waals surface area contributed by atoms with Crippen LogP contribution in [0.4, 0.5) is 4.79 Å². The molecule has 0 saturated carbocycles. The number of aryl methyl sites for hydroxylation is 1. The molecule has 0 radical (unpaired) electrons. The number of amides is 1. The van der Waals surface area contributed by atoms with Gasteiger partial charge in [0.15, 0.2) is 0 Å². The molecule has 0 aliphatic rings. The zero-order valence-electron chi connectivity index (χ0n) is 14.7. The van der Waals surface area contributed by atoms with Crippen LogP contribution in [0.5, 0.6) is 0 Å². The summed E-state index contributed by atoms with van der Waals surface area (Å²) >= 11 is 1.65. The number of thiazole rings is 1. The fraction of sp³-hybridized carbons (Fsp3) is 0.750. The van der Waals surface area contributed by atoms with E-state index < -0.39 is 5.60 Å². The number of rotatable bonds is 6. The fourth-order valence-electron chi connectivity index (χ4n) is 1.98. The molecule has 126 valence electrons. The standard InChI is InChI=1S/C16H29N3O2S/c1-10(2)13(8-17-15(20)21-16(5,6)7)18-11(3)14-9-22-12(4)19-14/h9-11,13,18H,8H2,1-7H3,(H,17,20). The van der Waals surface area contributed by atoms with E-state index in [4.69, 9.17) is 4.74 Å². The van der Waals surface area contributed by atoms with Gasteiger partial charge in [-0.05, 0) is 40.5 Å². The van der Waals surface area contributed by atoms with Crippen molar-refractivity contribution < 1.29 is 9.53 Å². The quantitative estimate of drug-likeness (QED) is 0.837. The molecule has 6 heteroatoms. The molecule has 0 bridgehead atoms. The van der Waals surface area contributed by atoms with Crippen LogP contribution in [0.1, 0.15) is 58.3 Å². The van der Waals surface area contributed by atoms with Crippen molar-refractivity contribution in [2.75, 3.05) is 6.54 Å². The Morgan fingerprint density at radius 2 is 2.00 bits per heavy atom. The number of nitrogens with one attached hydrogen (secondary N) is 2. The van der Waals surface area contributed by atoms with Crippen LogP contribution in [0.2, 0.25) is 0 Å². The van der Waals surface area contributed by atoms with Gasteiger partial charge < -0.3 is 15.4 Å². The van der Waals surface area contributed by atoms with E-state index in [1.807, 2.05) is 27.7 Å². The van der Waals surface area contributed by atoms with Gasteiger partial charge >= 0.3 is 6.09 Å². The van der Waals surface area contributed by atoms with Gasteiger partial charge in [0.2, 0.25) is 0 Å². The highest BCUT2D eigenvalue weighted by Crippen LogP contribution is 2.17. The van der Waals surface area contributed by atoms with Crippen molar-refractivity contribution in [1.82, 2.24) is 15.6 Å². The summed E-state index contributed by atoms with van der Waals surface area (Å²) in [5.74, 6) is 0.386. The third-order valence-electron chi connectivity index (χ3n) is 3.21.